The zero-order valence-electron chi connectivity index (χ0n) is 10.8. The third-order valence-electron chi connectivity index (χ3n) is 2.69. The van der Waals surface area contributed by atoms with Crippen LogP contribution in [0.1, 0.15) is 12.5 Å². The summed E-state index contributed by atoms with van der Waals surface area (Å²) in [6.45, 7) is 2.05. The molecule has 0 saturated heterocycles. The summed E-state index contributed by atoms with van der Waals surface area (Å²) in [5.41, 5.74) is 1.89. The number of rotatable bonds is 3. The molecule has 0 fully saturated rings. The predicted molar refractivity (Wildman–Crippen MR) is 88.1 cm³/mol. The summed E-state index contributed by atoms with van der Waals surface area (Å²) in [6, 6.07) is 9.22. The van der Waals surface area contributed by atoms with Crippen molar-refractivity contribution in [3.63, 3.8) is 0 Å². The minimum Gasteiger partial charge on any atom is -0.307 e. The summed E-state index contributed by atoms with van der Waals surface area (Å²) in [6.07, 6.45) is 2.48. The Morgan fingerprint density at radius 3 is 2.70 bits per heavy atom. The van der Waals surface area contributed by atoms with E-state index in [2.05, 4.69) is 47.5 Å². The van der Waals surface area contributed by atoms with Gasteiger partial charge in [0.25, 0.3) is 0 Å². The standard InChI is InChI=1S/C14H13Br2N3O/c1-2-9-5-3-4-6-12(9)18-14(20)19-13-11(16)7-10(15)8-17-13/h3-8H,2H2,1H3,(H2,17,18,19,20). The number of carbonyl (C=O) groups excluding carboxylic acids is 1. The fourth-order valence-electron chi connectivity index (χ4n) is 1.72. The van der Waals surface area contributed by atoms with Gasteiger partial charge >= 0.3 is 6.03 Å². The number of benzene rings is 1. The van der Waals surface area contributed by atoms with Gasteiger partial charge in [0, 0.05) is 16.4 Å². The first-order chi connectivity index (χ1) is 9.60. The van der Waals surface area contributed by atoms with Gasteiger partial charge in [-0.3, -0.25) is 5.32 Å². The molecule has 20 heavy (non-hydrogen) atoms. The fraction of sp³-hybridized carbons (Fsp3) is 0.143. The van der Waals surface area contributed by atoms with Crippen molar-refractivity contribution in [3.05, 3.63) is 51.0 Å². The Labute approximate surface area is 134 Å². The molecule has 0 atom stereocenters. The van der Waals surface area contributed by atoms with Crippen LogP contribution in [0.4, 0.5) is 16.3 Å². The summed E-state index contributed by atoms with van der Waals surface area (Å²) in [4.78, 5) is 16.1. The molecular weight excluding hydrogens is 386 g/mol. The van der Waals surface area contributed by atoms with Crippen LogP contribution in [0.5, 0.6) is 0 Å². The first-order valence-electron chi connectivity index (χ1n) is 6.07. The summed E-state index contributed by atoms with van der Waals surface area (Å²) in [5, 5.41) is 5.54. The molecule has 1 aromatic carbocycles. The van der Waals surface area contributed by atoms with Crippen LogP contribution in [0, 0.1) is 0 Å². The van der Waals surface area contributed by atoms with Crippen molar-refractivity contribution in [2.24, 2.45) is 0 Å². The molecule has 2 amide bonds. The smallest absolute Gasteiger partial charge is 0.307 e. The number of hydrogen-bond donors (Lipinski definition) is 2. The highest BCUT2D eigenvalue weighted by Crippen LogP contribution is 2.23. The number of aryl methyl sites for hydroxylation is 1. The highest BCUT2D eigenvalue weighted by Gasteiger charge is 2.09. The molecule has 4 nitrogen and oxygen atoms in total. The largest absolute Gasteiger partial charge is 0.324 e. The van der Waals surface area contributed by atoms with Gasteiger partial charge in [-0.2, -0.15) is 0 Å². The second-order valence-electron chi connectivity index (χ2n) is 4.07. The molecule has 2 aromatic rings. The summed E-state index contributed by atoms with van der Waals surface area (Å²) in [5.74, 6) is 0.472. The molecule has 0 unspecified atom stereocenters. The number of carbonyl (C=O) groups is 1. The zero-order valence-corrected chi connectivity index (χ0v) is 14.0. The average molecular weight is 399 g/mol. The highest BCUT2D eigenvalue weighted by molar-refractivity contribution is 9.11. The lowest BCUT2D eigenvalue weighted by Crippen LogP contribution is -2.21. The van der Waals surface area contributed by atoms with Gasteiger partial charge in [-0.25, -0.2) is 9.78 Å². The maximum absolute atomic E-state index is 12.0. The molecule has 2 rings (SSSR count). The predicted octanol–water partition coefficient (Wildman–Crippen LogP) is 4.81. The van der Waals surface area contributed by atoms with Gasteiger partial charge in [-0.05, 0) is 56.0 Å². The first kappa shape index (κ1) is 15.0. The van der Waals surface area contributed by atoms with Gasteiger partial charge in [0.15, 0.2) is 0 Å². The maximum atomic E-state index is 12.0. The van der Waals surface area contributed by atoms with E-state index in [1.807, 2.05) is 37.3 Å². The van der Waals surface area contributed by atoms with Gasteiger partial charge in [0.2, 0.25) is 0 Å². The van der Waals surface area contributed by atoms with E-state index in [0.29, 0.717) is 10.3 Å². The quantitative estimate of drug-likeness (QED) is 0.779. The zero-order chi connectivity index (χ0) is 14.5. The Balaban J connectivity index is 2.09. The van der Waals surface area contributed by atoms with Crippen LogP contribution in [0.25, 0.3) is 0 Å². The van der Waals surface area contributed by atoms with Crippen LogP contribution in [0.15, 0.2) is 45.5 Å². The molecule has 0 saturated carbocycles. The lowest BCUT2D eigenvalue weighted by Gasteiger charge is -2.11. The number of amides is 2. The molecule has 2 N–H and O–H groups in total. The van der Waals surface area contributed by atoms with Crippen molar-refractivity contribution in [2.45, 2.75) is 13.3 Å². The second-order valence-corrected chi connectivity index (χ2v) is 5.84. The topological polar surface area (TPSA) is 54.0 Å². The third-order valence-corrected chi connectivity index (χ3v) is 3.72. The van der Waals surface area contributed by atoms with E-state index in [1.54, 1.807) is 6.20 Å². The number of para-hydroxylation sites is 1. The minimum atomic E-state index is -0.318. The van der Waals surface area contributed by atoms with Gasteiger partial charge in [-0.15, -0.1) is 0 Å². The Morgan fingerprint density at radius 2 is 2.00 bits per heavy atom. The monoisotopic (exact) mass is 397 g/mol. The SMILES string of the molecule is CCc1ccccc1NC(=O)Nc1ncc(Br)cc1Br. The lowest BCUT2D eigenvalue weighted by molar-refractivity contribution is 0.262. The fourth-order valence-corrected chi connectivity index (χ4v) is 2.80. The molecular formula is C14H13Br2N3O. The Hall–Kier alpha value is -1.40. The number of hydrogen-bond acceptors (Lipinski definition) is 2. The average Bonchev–Trinajstić information content (AvgIpc) is 2.42. The maximum Gasteiger partial charge on any atom is 0.324 e. The number of nitrogens with zero attached hydrogens (tertiary/aromatic N) is 1. The van der Waals surface area contributed by atoms with E-state index in [0.717, 1.165) is 22.1 Å². The van der Waals surface area contributed by atoms with Crippen molar-refractivity contribution < 1.29 is 4.79 Å². The van der Waals surface area contributed by atoms with E-state index >= 15 is 0 Å². The van der Waals surface area contributed by atoms with Crippen LogP contribution in [0.3, 0.4) is 0 Å². The lowest BCUT2D eigenvalue weighted by atomic mass is 10.1. The molecule has 1 aromatic heterocycles. The normalized spacial score (nSPS) is 10.2. The number of anilines is 2. The van der Waals surface area contributed by atoms with Crippen molar-refractivity contribution >= 4 is 49.4 Å². The van der Waals surface area contributed by atoms with E-state index in [4.69, 9.17) is 0 Å². The van der Waals surface area contributed by atoms with Crippen molar-refractivity contribution in [1.82, 2.24) is 4.98 Å². The Kier molecular flexibility index (Phi) is 5.14. The first-order valence-corrected chi connectivity index (χ1v) is 7.65. The third kappa shape index (κ3) is 3.80. The van der Waals surface area contributed by atoms with Crippen LogP contribution in [0.2, 0.25) is 0 Å². The van der Waals surface area contributed by atoms with Crippen LogP contribution >= 0.6 is 31.9 Å². The number of halogens is 2. The van der Waals surface area contributed by atoms with Crippen molar-refractivity contribution in [2.75, 3.05) is 10.6 Å². The molecule has 0 radical (unpaired) electrons. The van der Waals surface area contributed by atoms with Crippen molar-refractivity contribution in [3.8, 4) is 0 Å². The van der Waals surface area contributed by atoms with E-state index < -0.39 is 0 Å². The molecule has 0 bridgehead atoms. The Bertz CT molecular complexity index is 632. The van der Waals surface area contributed by atoms with E-state index in [1.165, 1.54) is 0 Å². The van der Waals surface area contributed by atoms with E-state index in [-0.39, 0.29) is 6.03 Å². The number of urea groups is 1. The number of pyridine rings is 1. The second kappa shape index (κ2) is 6.85. The summed E-state index contributed by atoms with van der Waals surface area (Å²) >= 11 is 6.67. The van der Waals surface area contributed by atoms with Gasteiger partial charge in [-0.1, -0.05) is 25.1 Å². The van der Waals surface area contributed by atoms with Crippen LogP contribution in [-0.2, 0) is 6.42 Å². The minimum absolute atomic E-state index is 0.318. The van der Waals surface area contributed by atoms with Crippen molar-refractivity contribution in [1.29, 1.82) is 0 Å². The molecule has 104 valence electrons. The number of aromatic nitrogens is 1. The highest BCUT2D eigenvalue weighted by atomic mass is 79.9. The van der Waals surface area contributed by atoms with Crippen LogP contribution in [-0.4, -0.2) is 11.0 Å². The Morgan fingerprint density at radius 1 is 1.25 bits per heavy atom. The van der Waals surface area contributed by atoms with Crippen LogP contribution < -0.4 is 10.6 Å². The van der Waals surface area contributed by atoms with Gasteiger partial charge in [0.1, 0.15) is 5.82 Å². The van der Waals surface area contributed by atoms with Gasteiger partial charge in [0.05, 0.1) is 4.47 Å². The molecule has 6 heteroatoms. The molecule has 0 aliphatic rings. The molecule has 0 aliphatic carbocycles. The number of nitrogens with one attached hydrogen (secondary N) is 2. The summed E-state index contributed by atoms with van der Waals surface area (Å²) < 4.78 is 1.55. The van der Waals surface area contributed by atoms with Gasteiger partial charge < -0.3 is 5.32 Å². The molecule has 0 aliphatic heterocycles. The molecule has 0 spiro atoms. The summed E-state index contributed by atoms with van der Waals surface area (Å²) in [7, 11) is 0. The van der Waals surface area contributed by atoms with E-state index in [9.17, 15) is 4.79 Å². The molecule has 1 heterocycles.